The summed E-state index contributed by atoms with van der Waals surface area (Å²) in [6, 6.07) is 0.694. The molecule has 66 valence electrons. The molecule has 0 bridgehead atoms. The van der Waals surface area contributed by atoms with Gasteiger partial charge in [0.05, 0.1) is 5.37 Å². The smallest absolute Gasteiger partial charge is 0.0500 e. The van der Waals surface area contributed by atoms with Gasteiger partial charge in [0, 0.05) is 25.2 Å². The molecule has 3 N–H and O–H groups in total. The molecule has 0 spiro atoms. The largest absolute Gasteiger partial charge is 0.325 e. The first-order valence-electron chi connectivity index (χ1n) is 4.00. The van der Waals surface area contributed by atoms with Crippen LogP contribution in [0.2, 0.25) is 0 Å². The van der Waals surface area contributed by atoms with E-state index < -0.39 is 0 Å². The average Bonchev–Trinajstić information content (AvgIpc) is 2.31. The summed E-state index contributed by atoms with van der Waals surface area (Å²) in [6.45, 7) is 4.05. The van der Waals surface area contributed by atoms with E-state index in [2.05, 4.69) is 29.8 Å². The molecule has 1 fully saturated rings. The lowest BCUT2D eigenvalue weighted by atomic mass is 10.2. The highest BCUT2D eigenvalue weighted by Crippen LogP contribution is 2.13. The zero-order valence-corrected chi connectivity index (χ0v) is 8.01. The van der Waals surface area contributed by atoms with E-state index in [0.717, 1.165) is 13.1 Å². The Kier molecular flexibility index (Phi) is 3.18. The van der Waals surface area contributed by atoms with Crippen LogP contribution in [0.5, 0.6) is 0 Å². The van der Waals surface area contributed by atoms with Gasteiger partial charge in [0.1, 0.15) is 0 Å². The summed E-state index contributed by atoms with van der Waals surface area (Å²) >= 11 is 4.36. The lowest BCUT2D eigenvalue weighted by molar-refractivity contribution is 0.323. The van der Waals surface area contributed by atoms with Gasteiger partial charge in [0.25, 0.3) is 0 Å². The second kappa shape index (κ2) is 3.76. The lowest BCUT2D eigenvalue weighted by Gasteiger charge is -2.18. The molecule has 0 amide bonds. The molecule has 0 aromatic heterocycles. The Balaban J connectivity index is 2.43. The summed E-state index contributed by atoms with van der Waals surface area (Å²) in [7, 11) is 1.96. The van der Waals surface area contributed by atoms with Crippen molar-refractivity contribution in [3.8, 4) is 0 Å². The van der Waals surface area contributed by atoms with Gasteiger partial charge in [-0.1, -0.05) is 0 Å². The van der Waals surface area contributed by atoms with Gasteiger partial charge in [-0.2, -0.15) is 12.6 Å². The summed E-state index contributed by atoms with van der Waals surface area (Å²) in [5.74, 6) is 0. The van der Waals surface area contributed by atoms with E-state index in [0.29, 0.717) is 11.4 Å². The molecule has 1 saturated heterocycles. The molecule has 1 rings (SSSR count). The number of likely N-dealkylation sites (N-methyl/N-ethyl adjacent to an activating group) is 1. The molecule has 0 aromatic rings. The van der Waals surface area contributed by atoms with Crippen LogP contribution in [0.25, 0.3) is 0 Å². The van der Waals surface area contributed by atoms with Gasteiger partial charge in [-0.05, 0) is 14.0 Å². The minimum absolute atomic E-state index is 0.259. The fourth-order valence-electron chi connectivity index (χ4n) is 1.47. The monoisotopic (exact) mass is 175 g/mol. The van der Waals surface area contributed by atoms with Crippen LogP contribution in [0, 0.1) is 0 Å². The maximum atomic E-state index is 5.88. The third kappa shape index (κ3) is 2.08. The van der Waals surface area contributed by atoms with Crippen LogP contribution in [0.15, 0.2) is 0 Å². The molecule has 4 heteroatoms. The Hall–Kier alpha value is 0.230. The van der Waals surface area contributed by atoms with Crippen molar-refractivity contribution in [2.45, 2.75) is 24.4 Å². The average molecular weight is 175 g/mol. The summed E-state index contributed by atoms with van der Waals surface area (Å²) in [5.41, 5.74) is 5.88. The van der Waals surface area contributed by atoms with Crippen molar-refractivity contribution in [2.24, 2.45) is 5.73 Å². The maximum absolute atomic E-state index is 5.88. The molecule has 0 saturated carbocycles. The first-order valence-corrected chi connectivity index (χ1v) is 4.51. The van der Waals surface area contributed by atoms with Crippen molar-refractivity contribution in [1.29, 1.82) is 0 Å². The van der Waals surface area contributed by atoms with E-state index in [9.17, 15) is 0 Å². The Morgan fingerprint density at radius 3 is 2.55 bits per heavy atom. The number of nitrogens with two attached hydrogens (primary N) is 1. The fraction of sp³-hybridized carbons (Fsp3) is 1.00. The molecule has 0 aliphatic carbocycles. The van der Waals surface area contributed by atoms with Gasteiger partial charge in [-0.3, -0.25) is 4.90 Å². The van der Waals surface area contributed by atoms with Crippen LogP contribution in [-0.2, 0) is 0 Å². The van der Waals surface area contributed by atoms with E-state index in [-0.39, 0.29) is 6.04 Å². The van der Waals surface area contributed by atoms with Crippen LogP contribution < -0.4 is 11.1 Å². The maximum Gasteiger partial charge on any atom is 0.0500 e. The molecule has 1 aliphatic rings. The first kappa shape index (κ1) is 9.32. The van der Waals surface area contributed by atoms with Gasteiger partial charge in [-0.15, -0.1) is 0 Å². The van der Waals surface area contributed by atoms with Gasteiger partial charge < -0.3 is 11.1 Å². The predicted molar refractivity (Wildman–Crippen MR) is 50.8 cm³/mol. The molecule has 0 aromatic carbocycles. The molecule has 3 atom stereocenters. The topological polar surface area (TPSA) is 41.3 Å². The van der Waals surface area contributed by atoms with E-state index >= 15 is 0 Å². The van der Waals surface area contributed by atoms with Crippen LogP contribution in [0.4, 0.5) is 0 Å². The second-order valence-corrected chi connectivity index (χ2v) is 3.89. The zero-order valence-electron chi connectivity index (χ0n) is 7.12. The number of nitrogens with one attached hydrogen (secondary N) is 1. The highest BCUT2D eigenvalue weighted by atomic mass is 32.1. The second-order valence-electron chi connectivity index (χ2n) is 3.14. The van der Waals surface area contributed by atoms with Crippen molar-refractivity contribution in [3.63, 3.8) is 0 Å². The van der Waals surface area contributed by atoms with Gasteiger partial charge in [0.15, 0.2) is 0 Å². The molecule has 1 unspecified atom stereocenters. The third-order valence-corrected chi connectivity index (χ3v) is 2.62. The number of thiol groups is 1. The molecular weight excluding hydrogens is 158 g/mol. The number of hydrogen-bond donors (Lipinski definition) is 3. The normalized spacial score (nSPS) is 36.0. The summed E-state index contributed by atoms with van der Waals surface area (Å²) < 4.78 is 0. The van der Waals surface area contributed by atoms with Crippen LogP contribution in [-0.4, -0.2) is 42.5 Å². The quantitative estimate of drug-likeness (QED) is 0.495. The van der Waals surface area contributed by atoms with Crippen LogP contribution in [0.3, 0.4) is 0 Å². The van der Waals surface area contributed by atoms with Gasteiger partial charge in [-0.25, -0.2) is 0 Å². The van der Waals surface area contributed by atoms with E-state index in [1.54, 1.807) is 0 Å². The molecule has 1 aliphatic heterocycles. The van der Waals surface area contributed by atoms with E-state index in [1.165, 1.54) is 0 Å². The SMILES string of the molecule is CN[C@H]1CN(C(C)S)C[C@H]1N. The van der Waals surface area contributed by atoms with Crippen molar-refractivity contribution in [3.05, 3.63) is 0 Å². The van der Waals surface area contributed by atoms with Crippen molar-refractivity contribution in [2.75, 3.05) is 20.1 Å². The number of hydrogen-bond acceptors (Lipinski definition) is 4. The number of likely N-dealkylation sites (tertiary alicyclic amines) is 1. The molecule has 3 nitrogen and oxygen atoms in total. The van der Waals surface area contributed by atoms with Gasteiger partial charge >= 0.3 is 0 Å². The third-order valence-electron chi connectivity index (χ3n) is 2.29. The Morgan fingerprint density at radius 1 is 1.64 bits per heavy atom. The Morgan fingerprint density at radius 2 is 2.27 bits per heavy atom. The molecular formula is C7H17N3S. The standard InChI is InChI=1S/C7H17N3S/c1-5(11)10-3-6(8)7(4-10)9-2/h5-7,9,11H,3-4,8H2,1-2H3/t5?,6-,7+/m1/s1. The summed E-state index contributed by atoms with van der Waals surface area (Å²) in [5, 5.41) is 3.52. The molecule has 0 radical (unpaired) electrons. The van der Waals surface area contributed by atoms with Crippen LogP contribution >= 0.6 is 12.6 Å². The van der Waals surface area contributed by atoms with Crippen molar-refractivity contribution >= 4 is 12.6 Å². The number of nitrogens with zero attached hydrogens (tertiary/aromatic N) is 1. The zero-order chi connectivity index (χ0) is 8.43. The predicted octanol–water partition coefficient (Wildman–Crippen LogP) is -0.507. The Bertz CT molecular complexity index is 129. The highest BCUT2D eigenvalue weighted by molar-refractivity contribution is 7.80. The highest BCUT2D eigenvalue weighted by Gasteiger charge is 2.30. The molecule has 1 heterocycles. The Labute approximate surface area is 73.7 Å². The first-order chi connectivity index (χ1) is 5.15. The number of rotatable bonds is 2. The van der Waals surface area contributed by atoms with Crippen molar-refractivity contribution in [1.82, 2.24) is 10.2 Å². The molecule has 11 heavy (non-hydrogen) atoms. The van der Waals surface area contributed by atoms with Gasteiger partial charge in [0.2, 0.25) is 0 Å². The minimum atomic E-state index is 0.259. The summed E-state index contributed by atoms with van der Waals surface area (Å²) in [6.07, 6.45) is 0. The summed E-state index contributed by atoms with van der Waals surface area (Å²) in [4.78, 5) is 2.27. The van der Waals surface area contributed by atoms with E-state index in [1.807, 2.05) is 7.05 Å². The lowest BCUT2D eigenvalue weighted by Crippen LogP contribution is -2.41. The minimum Gasteiger partial charge on any atom is -0.325 e. The van der Waals surface area contributed by atoms with Crippen LogP contribution in [0.1, 0.15) is 6.92 Å². The van der Waals surface area contributed by atoms with E-state index in [4.69, 9.17) is 5.73 Å². The fourth-order valence-corrected chi connectivity index (χ4v) is 1.66. The van der Waals surface area contributed by atoms with Crippen molar-refractivity contribution < 1.29 is 0 Å².